The minimum absolute atomic E-state index is 0.216. The molecule has 1 aliphatic rings. The van der Waals surface area contributed by atoms with E-state index in [4.69, 9.17) is 0 Å². The van der Waals surface area contributed by atoms with Crippen molar-refractivity contribution in [1.82, 2.24) is 9.55 Å². The van der Waals surface area contributed by atoms with Crippen LogP contribution in [0.5, 0.6) is 0 Å². The molecule has 19 heavy (non-hydrogen) atoms. The SMILES string of the molecule is CCn1ccnc1CC1(O)CCc2c(F)cccc21. The predicted octanol–water partition coefficient (Wildman–Crippen LogP) is 2.42. The maximum Gasteiger partial charge on any atom is 0.126 e. The van der Waals surface area contributed by atoms with Gasteiger partial charge in [0.1, 0.15) is 11.6 Å². The first-order chi connectivity index (χ1) is 9.14. The minimum atomic E-state index is -0.990. The summed E-state index contributed by atoms with van der Waals surface area (Å²) in [6.45, 7) is 2.86. The van der Waals surface area contributed by atoms with E-state index in [9.17, 15) is 9.50 Å². The van der Waals surface area contributed by atoms with Gasteiger partial charge >= 0.3 is 0 Å². The van der Waals surface area contributed by atoms with Gasteiger partial charge in [-0.15, -0.1) is 0 Å². The lowest BCUT2D eigenvalue weighted by atomic mass is 9.92. The number of aromatic nitrogens is 2. The smallest absolute Gasteiger partial charge is 0.126 e. The van der Waals surface area contributed by atoms with Crippen LogP contribution in [0, 0.1) is 5.82 Å². The third-order valence-corrected chi connectivity index (χ3v) is 4.00. The molecule has 0 fully saturated rings. The van der Waals surface area contributed by atoms with Gasteiger partial charge in [0, 0.05) is 25.4 Å². The van der Waals surface area contributed by atoms with Gasteiger partial charge in [-0.3, -0.25) is 0 Å². The van der Waals surface area contributed by atoms with E-state index in [0.29, 0.717) is 24.8 Å². The van der Waals surface area contributed by atoms with E-state index in [2.05, 4.69) is 4.98 Å². The zero-order valence-corrected chi connectivity index (χ0v) is 10.9. The quantitative estimate of drug-likeness (QED) is 0.920. The van der Waals surface area contributed by atoms with Crippen molar-refractivity contribution in [1.29, 1.82) is 0 Å². The second-order valence-corrected chi connectivity index (χ2v) is 5.10. The Morgan fingerprint density at radius 2 is 2.32 bits per heavy atom. The molecular weight excluding hydrogens is 243 g/mol. The lowest BCUT2D eigenvalue weighted by Gasteiger charge is -2.24. The molecule has 1 unspecified atom stereocenters. The Hall–Kier alpha value is -1.68. The van der Waals surface area contributed by atoms with Crippen LogP contribution in [0.25, 0.3) is 0 Å². The number of hydrogen-bond donors (Lipinski definition) is 1. The van der Waals surface area contributed by atoms with Crippen LogP contribution in [0.4, 0.5) is 4.39 Å². The minimum Gasteiger partial charge on any atom is -0.385 e. The molecule has 0 saturated heterocycles. The number of imidazole rings is 1. The highest BCUT2D eigenvalue weighted by atomic mass is 19.1. The Bertz CT molecular complexity index is 608. The van der Waals surface area contributed by atoms with Crippen molar-refractivity contribution >= 4 is 0 Å². The van der Waals surface area contributed by atoms with Crippen molar-refractivity contribution in [3.8, 4) is 0 Å². The molecule has 1 aromatic heterocycles. The van der Waals surface area contributed by atoms with Crippen molar-refractivity contribution in [2.75, 3.05) is 0 Å². The molecule has 0 spiro atoms. The third kappa shape index (κ3) is 1.96. The van der Waals surface area contributed by atoms with Crippen molar-refractivity contribution in [2.24, 2.45) is 0 Å². The van der Waals surface area contributed by atoms with E-state index < -0.39 is 5.60 Å². The summed E-state index contributed by atoms with van der Waals surface area (Å²) in [5, 5.41) is 10.8. The summed E-state index contributed by atoms with van der Waals surface area (Å²) < 4.78 is 15.7. The highest BCUT2D eigenvalue weighted by Gasteiger charge is 2.39. The zero-order valence-electron chi connectivity index (χ0n) is 10.9. The molecule has 0 aliphatic heterocycles. The molecule has 0 amide bonds. The molecule has 1 heterocycles. The number of aryl methyl sites for hydroxylation is 1. The third-order valence-electron chi connectivity index (χ3n) is 4.00. The lowest BCUT2D eigenvalue weighted by Crippen LogP contribution is -2.27. The van der Waals surface area contributed by atoms with Gasteiger partial charge in [-0.25, -0.2) is 9.37 Å². The van der Waals surface area contributed by atoms with Crippen molar-refractivity contribution < 1.29 is 9.50 Å². The topological polar surface area (TPSA) is 38.0 Å². The number of hydrogen-bond acceptors (Lipinski definition) is 2. The zero-order chi connectivity index (χ0) is 13.5. The summed E-state index contributed by atoms with van der Waals surface area (Å²) in [4.78, 5) is 4.30. The Morgan fingerprint density at radius 1 is 1.47 bits per heavy atom. The molecular formula is C15H17FN2O. The molecule has 0 saturated carbocycles. The Balaban J connectivity index is 1.97. The van der Waals surface area contributed by atoms with E-state index in [-0.39, 0.29) is 5.82 Å². The van der Waals surface area contributed by atoms with Gasteiger partial charge in [0.05, 0.1) is 5.60 Å². The summed E-state index contributed by atoms with van der Waals surface area (Å²) >= 11 is 0. The summed E-state index contributed by atoms with van der Waals surface area (Å²) in [5.74, 6) is 0.634. The molecule has 0 bridgehead atoms. The maximum atomic E-state index is 13.7. The molecule has 3 rings (SSSR count). The molecule has 0 radical (unpaired) electrons. The summed E-state index contributed by atoms with van der Waals surface area (Å²) in [5.41, 5.74) is 0.383. The number of nitrogens with zero attached hydrogens (tertiary/aromatic N) is 2. The average molecular weight is 260 g/mol. The van der Waals surface area contributed by atoms with Gasteiger partial charge in [0.25, 0.3) is 0 Å². The molecule has 1 aromatic carbocycles. The van der Waals surface area contributed by atoms with Crippen LogP contribution in [0.2, 0.25) is 0 Å². The number of rotatable bonds is 3. The van der Waals surface area contributed by atoms with E-state index >= 15 is 0 Å². The lowest BCUT2D eigenvalue weighted by molar-refractivity contribution is 0.0361. The van der Waals surface area contributed by atoms with Crippen LogP contribution in [-0.2, 0) is 25.0 Å². The van der Waals surface area contributed by atoms with E-state index in [0.717, 1.165) is 17.9 Å². The fourth-order valence-electron chi connectivity index (χ4n) is 2.96. The first-order valence-electron chi connectivity index (χ1n) is 6.64. The van der Waals surface area contributed by atoms with Gasteiger partial charge in [-0.05, 0) is 37.0 Å². The van der Waals surface area contributed by atoms with Gasteiger partial charge in [-0.2, -0.15) is 0 Å². The first-order valence-corrected chi connectivity index (χ1v) is 6.64. The van der Waals surface area contributed by atoms with Crippen LogP contribution >= 0.6 is 0 Å². The standard InChI is InChI=1S/C15H17FN2O/c1-2-18-9-8-17-14(18)10-15(19)7-6-11-12(15)4-3-5-13(11)16/h3-5,8-9,19H,2,6-7,10H2,1H3. The van der Waals surface area contributed by atoms with Crippen LogP contribution in [0.1, 0.15) is 30.3 Å². The molecule has 4 heteroatoms. The van der Waals surface area contributed by atoms with Crippen LogP contribution in [0.15, 0.2) is 30.6 Å². The van der Waals surface area contributed by atoms with Crippen LogP contribution in [-0.4, -0.2) is 14.7 Å². The number of aliphatic hydroxyl groups is 1. The molecule has 1 aliphatic carbocycles. The van der Waals surface area contributed by atoms with E-state index in [1.54, 1.807) is 12.3 Å². The van der Waals surface area contributed by atoms with E-state index in [1.807, 2.05) is 23.8 Å². The first kappa shape index (κ1) is 12.4. The Morgan fingerprint density at radius 3 is 3.11 bits per heavy atom. The number of fused-ring (bicyclic) bond motifs is 1. The molecule has 2 aromatic rings. The summed E-state index contributed by atoms with van der Waals surface area (Å²) in [6.07, 6.45) is 5.22. The van der Waals surface area contributed by atoms with Gasteiger partial charge in [-0.1, -0.05) is 12.1 Å². The Kier molecular flexibility index (Phi) is 2.90. The van der Waals surface area contributed by atoms with Gasteiger partial charge in [0.15, 0.2) is 0 Å². The van der Waals surface area contributed by atoms with Crippen LogP contribution in [0.3, 0.4) is 0 Å². The Labute approximate surface area is 111 Å². The monoisotopic (exact) mass is 260 g/mol. The van der Waals surface area contributed by atoms with Crippen molar-refractivity contribution in [2.45, 2.75) is 38.3 Å². The molecule has 3 nitrogen and oxygen atoms in total. The van der Waals surface area contributed by atoms with Crippen LogP contribution < -0.4 is 0 Å². The average Bonchev–Trinajstić information content (AvgIpc) is 2.96. The summed E-state index contributed by atoms with van der Waals surface area (Å²) in [7, 11) is 0. The maximum absolute atomic E-state index is 13.7. The van der Waals surface area contributed by atoms with Gasteiger partial charge in [0.2, 0.25) is 0 Å². The van der Waals surface area contributed by atoms with Gasteiger partial charge < -0.3 is 9.67 Å². The second kappa shape index (κ2) is 4.46. The largest absolute Gasteiger partial charge is 0.385 e. The molecule has 100 valence electrons. The summed E-state index contributed by atoms with van der Waals surface area (Å²) in [6, 6.07) is 4.94. The number of benzene rings is 1. The number of halogens is 1. The molecule has 1 N–H and O–H groups in total. The fraction of sp³-hybridized carbons (Fsp3) is 0.400. The highest BCUT2D eigenvalue weighted by molar-refractivity contribution is 5.38. The predicted molar refractivity (Wildman–Crippen MR) is 70.2 cm³/mol. The normalized spacial score (nSPS) is 21.6. The second-order valence-electron chi connectivity index (χ2n) is 5.10. The fourth-order valence-corrected chi connectivity index (χ4v) is 2.96. The van der Waals surface area contributed by atoms with E-state index in [1.165, 1.54) is 6.07 Å². The van der Waals surface area contributed by atoms with Crippen molar-refractivity contribution in [3.05, 3.63) is 53.4 Å². The molecule has 1 atom stereocenters. The highest BCUT2D eigenvalue weighted by Crippen LogP contribution is 2.40. The van der Waals surface area contributed by atoms with Crippen molar-refractivity contribution in [3.63, 3.8) is 0 Å².